The number of imide groups is 2. The number of benzene rings is 1. The zero-order valence-electron chi connectivity index (χ0n) is 16.3. The maximum Gasteiger partial charge on any atom is 0.325 e. The molecule has 0 saturated carbocycles. The van der Waals surface area contributed by atoms with Gasteiger partial charge in [-0.05, 0) is 37.8 Å². The molecule has 3 N–H and O–H groups in total. The first-order valence-electron chi connectivity index (χ1n) is 8.89. The zero-order valence-corrected chi connectivity index (χ0v) is 16.3. The monoisotopic (exact) mass is 374 g/mol. The van der Waals surface area contributed by atoms with Crippen LogP contribution in [0, 0.1) is 0 Å². The first kappa shape index (κ1) is 20.4. The van der Waals surface area contributed by atoms with E-state index >= 15 is 0 Å². The summed E-state index contributed by atoms with van der Waals surface area (Å²) >= 11 is 0. The molecule has 1 unspecified atom stereocenters. The minimum atomic E-state index is -1.26. The lowest BCUT2D eigenvalue weighted by molar-refractivity contribution is -0.134. The molecule has 1 heterocycles. The summed E-state index contributed by atoms with van der Waals surface area (Å²) in [4.78, 5) is 49.5. The van der Waals surface area contributed by atoms with Crippen molar-refractivity contribution >= 4 is 23.9 Å². The normalized spacial score (nSPS) is 19.4. The Hall–Kier alpha value is -2.90. The zero-order chi connectivity index (χ0) is 20.4. The van der Waals surface area contributed by atoms with Gasteiger partial charge in [-0.2, -0.15) is 0 Å². The molecular formula is C19H26N4O4. The van der Waals surface area contributed by atoms with Crippen LogP contribution in [-0.4, -0.2) is 41.4 Å². The lowest BCUT2D eigenvalue weighted by atomic mass is 9.90. The third-order valence-corrected chi connectivity index (χ3v) is 4.40. The molecule has 1 atom stereocenters. The Labute approximate surface area is 158 Å². The lowest BCUT2D eigenvalue weighted by Crippen LogP contribution is -2.48. The van der Waals surface area contributed by atoms with E-state index < -0.39 is 36.0 Å². The van der Waals surface area contributed by atoms with Gasteiger partial charge in [0, 0.05) is 6.04 Å². The van der Waals surface area contributed by atoms with E-state index in [0.29, 0.717) is 11.5 Å². The number of urea groups is 2. The van der Waals surface area contributed by atoms with Crippen molar-refractivity contribution in [3.8, 4) is 0 Å². The van der Waals surface area contributed by atoms with Gasteiger partial charge in [0.05, 0.1) is 0 Å². The average Bonchev–Trinajstić information content (AvgIpc) is 2.78. The number of nitrogens with one attached hydrogen (secondary N) is 3. The van der Waals surface area contributed by atoms with Crippen LogP contribution in [0.15, 0.2) is 24.3 Å². The Kier molecular flexibility index (Phi) is 5.88. The Morgan fingerprint density at radius 1 is 1.11 bits per heavy atom. The molecule has 1 aromatic carbocycles. The lowest BCUT2D eigenvalue weighted by Gasteiger charge is -2.22. The van der Waals surface area contributed by atoms with Crippen LogP contribution in [0.25, 0.3) is 0 Å². The van der Waals surface area contributed by atoms with Crippen LogP contribution in [0.3, 0.4) is 0 Å². The summed E-state index contributed by atoms with van der Waals surface area (Å²) in [5, 5.41) is 7.25. The van der Waals surface area contributed by atoms with Crippen molar-refractivity contribution in [3.05, 3.63) is 35.4 Å². The first-order valence-corrected chi connectivity index (χ1v) is 8.89. The highest BCUT2D eigenvalue weighted by Gasteiger charge is 2.49. The molecule has 27 heavy (non-hydrogen) atoms. The van der Waals surface area contributed by atoms with E-state index in [1.165, 1.54) is 0 Å². The molecule has 1 saturated heterocycles. The van der Waals surface area contributed by atoms with Gasteiger partial charge in [0.15, 0.2) is 0 Å². The fourth-order valence-electron chi connectivity index (χ4n) is 2.85. The predicted octanol–water partition coefficient (Wildman–Crippen LogP) is 1.81. The van der Waals surface area contributed by atoms with Crippen molar-refractivity contribution in [3.63, 3.8) is 0 Å². The van der Waals surface area contributed by atoms with E-state index in [0.717, 1.165) is 10.5 Å². The standard InChI is InChI=1S/C19H26N4O4/c1-11(2)13-6-8-14(9-7-13)19(5)16(25)23(18(27)22-19)10-15(24)21-17(26)20-12(3)4/h6-9,11-12H,10H2,1-5H3,(H,22,27)(H2,20,21,24,26). The molecule has 0 radical (unpaired) electrons. The molecule has 8 heteroatoms. The number of rotatable bonds is 5. The molecule has 1 fully saturated rings. The van der Waals surface area contributed by atoms with Gasteiger partial charge in [-0.15, -0.1) is 0 Å². The highest BCUT2D eigenvalue weighted by molar-refractivity contribution is 6.10. The second kappa shape index (κ2) is 7.77. The third-order valence-electron chi connectivity index (χ3n) is 4.40. The quantitative estimate of drug-likeness (QED) is 0.683. The number of nitrogens with zero attached hydrogens (tertiary/aromatic N) is 1. The molecular weight excluding hydrogens is 348 g/mol. The molecule has 146 valence electrons. The molecule has 0 spiro atoms. The van der Waals surface area contributed by atoms with E-state index in [1.807, 2.05) is 12.1 Å². The molecule has 1 aliphatic heterocycles. The summed E-state index contributed by atoms with van der Waals surface area (Å²) in [6.07, 6.45) is 0. The summed E-state index contributed by atoms with van der Waals surface area (Å²) in [5.41, 5.74) is 0.491. The van der Waals surface area contributed by atoms with Crippen LogP contribution in [0.4, 0.5) is 9.59 Å². The second-order valence-electron chi connectivity index (χ2n) is 7.40. The van der Waals surface area contributed by atoms with E-state index in [1.54, 1.807) is 32.9 Å². The Morgan fingerprint density at radius 2 is 1.70 bits per heavy atom. The Balaban J connectivity index is 2.11. The van der Waals surface area contributed by atoms with E-state index in [2.05, 4.69) is 29.8 Å². The fourth-order valence-corrected chi connectivity index (χ4v) is 2.85. The number of hydrogen-bond donors (Lipinski definition) is 3. The maximum absolute atomic E-state index is 12.8. The average molecular weight is 374 g/mol. The third kappa shape index (κ3) is 4.45. The summed E-state index contributed by atoms with van der Waals surface area (Å²) < 4.78 is 0. The summed E-state index contributed by atoms with van der Waals surface area (Å²) in [6.45, 7) is 8.69. The smallest absolute Gasteiger partial charge is 0.325 e. The van der Waals surface area contributed by atoms with Crippen molar-refractivity contribution < 1.29 is 19.2 Å². The number of carbonyl (C=O) groups is 4. The van der Waals surface area contributed by atoms with Gasteiger partial charge in [-0.1, -0.05) is 38.1 Å². The molecule has 0 bridgehead atoms. The van der Waals surface area contributed by atoms with Crippen LogP contribution in [-0.2, 0) is 15.1 Å². The predicted molar refractivity (Wildman–Crippen MR) is 99.9 cm³/mol. The minimum Gasteiger partial charge on any atom is -0.336 e. The topological polar surface area (TPSA) is 108 Å². The van der Waals surface area contributed by atoms with Gasteiger partial charge >= 0.3 is 12.1 Å². The first-order chi connectivity index (χ1) is 12.5. The van der Waals surface area contributed by atoms with Gasteiger partial charge < -0.3 is 10.6 Å². The van der Waals surface area contributed by atoms with E-state index in [9.17, 15) is 19.2 Å². The SMILES string of the molecule is CC(C)NC(=O)NC(=O)CN1C(=O)NC(C)(c2ccc(C(C)C)cc2)C1=O. The van der Waals surface area contributed by atoms with Gasteiger partial charge in [0.2, 0.25) is 5.91 Å². The van der Waals surface area contributed by atoms with Gasteiger partial charge in [0.25, 0.3) is 5.91 Å². The van der Waals surface area contributed by atoms with Crippen molar-refractivity contribution in [2.45, 2.75) is 52.1 Å². The largest absolute Gasteiger partial charge is 0.336 e. The van der Waals surface area contributed by atoms with E-state index in [4.69, 9.17) is 0 Å². The Bertz CT molecular complexity index is 757. The van der Waals surface area contributed by atoms with Crippen LogP contribution < -0.4 is 16.0 Å². The number of hydrogen-bond acceptors (Lipinski definition) is 4. The maximum atomic E-state index is 12.8. The minimum absolute atomic E-state index is 0.147. The van der Waals surface area contributed by atoms with Crippen LogP contribution in [0.5, 0.6) is 0 Å². The Morgan fingerprint density at radius 3 is 2.22 bits per heavy atom. The number of amides is 6. The molecule has 0 aromatic heterocycles. The molecule has 8 nitrogen and oxygen atoms in total. The number of carbonyl (C=O) groups excluding carboxylic acids is 4. The van der Waals surface area contributed by atoms with Gasteiger partial charge in [-0.3, -0.25) is 19.8 Å². The van der Waals surface area contributed by atoms with E-state index in [-0.39, 0.29) is 6.04 Å². The van der Waals surface area contributed by atoms with Gasteiger partial charge in [0.1, 0.15) is 12.1 Å². The summed E-state index contributed by atoms with van der Waals surface area (Å²) in [7, 11) is 0. The molecule has 6 amide bonds. The van der Waals surface area contributed by atoms with Crippen LogP contribution >= 0.6 is 0 Å². The van der Waals surface area contributed by atoms with Crippen LogP contribution in [0.2, 0.25) is 0 Å². The highest BCUT2D eigenvalue weighted by atomic mass is 16.2. The van der Waals surface area contributed by atoms with Crippen molar-refractivity contribution in [2.75, 3.05) is 6.54 Å². The molecule has 0 aliphatic carbocycles. The molecule has 1 aliphatic rings. The second-order valence-corrected chi connectivity index (χ2v) is 7.40. The molecule has 2 rings (SSSR count). The van der Waals surface area contributed by atoms with Gasteiger partial charge in [-0.25, -0.2) is 9.59 Å². The fraction of sp³-hybridized carbons (Fsp3) is 0.474. The van der Waals surface area contributed by atoms with Crippen LogP contribution in [0.1, 0.15) is 51.7 Å². The van der Waals surface area contributed by atoms with Crippen molar-refractivity contribution in [2.24, 2.45) is 0 Å². The van der Waals surface area contributed by atoms with Crippen molar-refractivity contribution in [1.82, 2.24) is 20.9 Å². The summed E-state index contributed by atoms with van der Waals surface area (Å²) in [6, 6.07) is 5.93. The summed E-state index contributed by atoms with van der Waals surface area (Å²) in [5.74, 6) is -0.932. The highest BCUT2D eigenvalue weighted by Crippen LogP contribution is 2.29. The molecule has 1 aromatic rings. The van der Waals surface area contributed by atoms with Crippen molar-refractivity contribution in [1.29, 1.82) is 0 Å².